The molecular weight excluding hydrogens is 336 g/mol. The van der Waals surface area contributed by atoms with Crippen LogP contribution in [-0.4, -0.2) is 48.8 Å². The van der Waals surface area contributed by atoms with Crippen molar-refractivity contribution in [1.29, 1.82) is 0 Å². The first-order chi connectivity index (χ1) is 12.8. The lowest BCUT2D eigenvalue weighted by Gasteiger charge is -2.22. The van der Waals surface area contributed by atoms with Crippen LogP contribution in [0.2, 0.25) is 0 Å². The minimum Gasteiger partial charge on any atom is -0.489 e. The van der Waals surface area contributed by atoms with Gasteiger partial charge in [-0.3, -0.25) is 0 Å². The molecule has 0 N–H and O–H groups in total. The third kappa shape index (κ3) is 3.54. The first-order valence-electron chi connectivity index (χ1n) is 9.23. The number of esters is 1. The molecule has 1 aliphatic carbocycles. The number of rotatable bonds is 7. The minimum atomic E-state index is -0.378. The van der Waals surface area contributed by atoms with Crippen LogP contribution in [0.25, 0.3) is 5.52 Å². The summed E-state index contributed by atoms with van der Waals surface area (Å²) < 4.78 is 23.9. The highest BCUT2D eigenvalue weighted by molar-refractivity contribution is 5.96. The number of aromatic nitrogens is 2. The van der Waals surface area contributed by atoms with Gasteiger partial charge >= 0.3 is 5.97 Å². The SMILES string of the molecule is COC(=O)c1cnn2c(C3CC3)c(OCCOC3CCCCO3)ccc12. The van der Waals surface area contributed by atoms with Crippen molar-refractivity contribution >= 4 is 11.5 Å². The zero-order valence-electron chi connectivity index (χ0n) is 15.0. The molecule has 7 heteroatoms. The molecule has 0 aromatic carbocycles. The van der Waals surface area contributed by atoms with E-state index in [1.807, 2.05) is 16.6 Å². The number of fused-ring (bicyclic) bond motifs is 1. The van der Waals surface area contributed by atoms with Crippen LogP contribution >= 0.6 is 0 Å². The summed E-state index contributed by atoms with van der Waals surface area (Å²) in [5.41, 5.74) is 2.24. The molecule has 4 rings (SSSR count). The Labute approximate surface area is 152 Å². The van der Waals surface area contributed by atoms with E-state index < -0.39 is 0 Å². The molecule has 0 bridgehead atoms. The monoisotopic (exact) mass is 360 g/mol. The minimum absolute atomic E-state index is 0.105. The van der Waals surface area contributed by atoms with Crippen molar-refractivity contribution in [2.24, 2.45) is 0 Å². The molecule has 1 atom stereocenters. The fourth-order valence-corrected chi connectivity index (χ4v) is 3.35. The summed E-state index contributed by atoms with van der Waals surface area (Å²) in [5, 5.41) is 4.40. The van der Waals surface area contributed by atoms with Crippen molar-refractivity contribution in [3.63, 3.8) is 0 Å². The zero-order valence-corrected chi connectivity index (χ0v) is 15.0. The number of hydrogen-bond acceptors (Lipinski definition) is 6. The fourth-order valence-electron chi connectivity index (χ4n) is 3.35. The van der Waals surface area contributed by atoms with E-state index in [0.29, 0.717) is 24.7 Å². The zero-order chi connectivity index (χ0) is 17.9. The molecule has 26 heavy (non-hydrogen) atoms. The van der Waals surface area contributed by atoms with E-state index in [1.165, 1.54) is 7.11 Å². The van der Waals surface area contributed by atoms with E-state index in [1.54, 1.807) is 6.20 Å². The second kappa shape index (κ2) is 7.63. The summed E-state index contributed by atoms with van der Waals surface area (Å²) >= 11 is 0. The van der Waals surface area contributed by atoms with Crippen LogP contribution in [0.3, 0.4) is 0 Å². The summed E-state index contributed by atoms with van der Waals surface area (Å²) in [5.74, 6) is 0.839. The van der Waals surface area contributed by atoms with E-state index in [4.69, 9.17) is 18.9 Å². The van der Waals surface area contributed by atoms with Crippen molar-refractivity contribution in [3.8, 4) is 5.75 Å². The lowest BCUT2D eigenvalue weighted by molar-refractivity contribution is -0.165. The van der Waals surface area contributed by atoms with Crippen molar-refractivity contribution < 1.29 is 23.7 Å². The second-order valence-electron chi connectivity index (χ2n) is 6.72. The number of methoxy groups -OCH3 is 1. The molecule has 0 spiro atoms. The molecule has 2 aliphatic rings. The Bertz CT molecular complexity index is 778. The number of pyridine rings is 1. The molecular formula is C19H24N2O5. The van der Waals surface area contributed by atoms with Gasteiger partial charge in [0, 0.05) is 12.5 Å². The summed E-state index contributed by atoms with van der Waals surface area (Å²) in [4.78, 5) is 11.9. The third-order valence-electron chi connectivity index (χ3n) is 4.83. The summed E-state index contributed by atoms with van der Waals surface area (Å²) in [6, 6.07) is 3.76. The van der Waals surface area contributed by atoms with E-state index >= 15 is 0 Å². The van der Waals surface area contributed by atoms with Gasteiger partial charge in [-0.2, -0.15) is 5.10 Å². The van der Waals surface area contributed by atoms with Crippen LogP contribution < -0.4 is 4.74 Å². The van der Waals surface area contributed by atoms with Crippen LogP contribution in [0.15, 0.2) is 18.3 Å². The molecule has 1 unspecified atom stereocenters. The van der Waals surface area contributed by atoms with Gasteiger partial charge in [0.1, 0.15) is 17.9 Å². The summed E-state index contributed by atoms with van der Waals surface area (Å²) in [7, 11) is 1.38. The molecule has 1 saturated heterocycles. The van der Waals surface area contributed by atoms with Crippen LogP contribution in [0.1, 0.15) is 54.1 Å². The average Bonchev–Trinajstić information content (AvgIpc) is 3.43. The first-order valence-corrected chi connectivity index (χ1v) is 9.23. The quantitative estimate of drug-likeness (QED) is 0.558. The molecule has 3 heterocycles. The lowest BCUT2D eigenvalue weighted by Crippen LogP contribution is -2.24. The van der Waals surface area contributed by atoms with Crippen molar-refractivity contribution in [1.82, 2.24) is 9.61 Å². The van der Waals surface area contributed by atoms with Crippen molar-refractivity contribution in [2.75, 3.05) is 26.9 Å². The number of carbonyl (C=O) groups excluding carboxylic acids is 1. The predicted molar refractivity (Wildman–Crippen MR) is 93.5 cm³/mol. The Morgan fingerprint density at radius 3 is 2.88 bits per heavy atom. The van der Waals surface area contributed by atoms with Gasteiger partial charge in [-0.25, -0.2) is 9.31 Å². The topological polar surface area (TPSA) is 71.3 Å². The Morgan fingerprint density at radius 2 is 2.15 bits per heavy atom. The molecule has 0 amide bonds. The standard InChI is InChI=1S/C19H24N2O5/c1-23-19(22)14-12-20-21-15(14)7-8-16(18(21)13-5-6-13)24-10-11-26-17-4-2-3-9-25-17/h7-8,12-13,17H,2-6,9-11H2,1H3. The van der Waals surface area contributed by atoms with E-state index in [9.17, 15) is 4.79 Å². The highest BCUT2D eigenvalue weighted by Crippen LogP contribution is 2.44. The third-order valence-corrected chi connectivity index (χ3v) is 4.83. The van der Waals surface area contributed by atoms with Crippen molar-refractivity contribution in [2.45, 2.75) is 44.3 Å². The highest BCUT2D eigenvalue weighted by Gasteiger charge is 2.31. The molecule has 1 saturated carbocycles. The summed E-state index contributed by atoms with van der Waals surface area (Å²) in [6.45, 7) is 1.71. The van der Waals surface area contributed by atoms with Gasteiger partial charge in [0.2, 0.25) is 0 Å². The van der Waals surface area contributed by atoms with Gasteiger partial charge in [-0.15, -0.1) is 0 Å². The number of hydrogen-bond donors (Lipinski definition) is 0. The van der Waals surface area contributed by atoms with Crippen LogP contribution in [0.4, 0.5) is 0 Å². The smallest absolute Gasteiger partial charge is 0.341 e. The maximum Gasteiger partial charge on any atom is 0.341 e. The molecule has 2 aromatic heterocycles. The maximum absolute atomic E-state index is 11.9. The molecule has 0 radical (unpaired) electrons. The van der Waals surface area contributed by atoms with E-state index in [-0.39, 0.29) is 12.3 Å². The van der Waals surface area contributed by atoms with Gasteiger partial charge in [0.15, 0.2) is 6.29 Å². The molecule has 2 fully saturated rings. The number of ether oxygens (including phenoxy) is 4. The van der Waals surface area contributed by atoms with Gasteiger partial charge in [0.25, 0.3) is 0 Å². The van der Waals surface area contributed by atoms with E-state index in [0.717, 1.165) is 55.7 Å². The number of carbonyl (C=O) groups is 1. The Kier molecular flexibility index (Phi) is 5.08. The molecule has 7 nitrogen and oxygen atoms in total. The fraction of sp³-hybridized carbons (Fsp3) is 0.579. The van der Waals surface area contributed by atoms with Crippen molar-refractivity contribution in [3.05, 3.63) is 29.6 Å². The largest absolute Gasteiger partial charge is 0.489 e. The molecule has 1 aliphatic heterocycles. The Balaban J connectivity index is 1.46. The predicted octanol–water partition coefficient (Wildman–Crippen LogP) is 2.92. The Morgan fingerprint density at radius 1 is 1.27 bits per heavy atom. The number of nitrogens with zero attached hydrogens (tertiary/aromatic N) is 2. The average molecular weight is 360 g/mol. The normalized spacial score (nSPS) is 20.3. The van der Waals surface area contributed by atoms with Crippen LogP contribution in [-0.2, 0) is 14.2 Å². The lowest BCUT2D eigenvalue weighted by atomic mass is 10.2. The van der Waals surface area contributed by atoms with Gasteiger partial charge < -0.3 is 18.9 Å². The van der Waals surface area contributed by atoms with Gasteiger partial charge in [-0.1, -0.05) is 0 Å². The maximum atomic E-state index is 11.9. The molecule has 140 valence electrons. The Hall–Kier alpha value is -2.12. The van der Waals surface area contributed by atoms with E-state index in [2.05, 4.69) is 5.10 Å². The van der Waals surface area contributed by atoms with Crippen LogP contribution in [0.5, 0.6) is 5.75 Å². The van der Waals surface area contributed by atoms with Gasteiger partial charge in [0.05, 0.1) is 31.1 Å². The first kappa shape index (κ1) is 17.3. The second-order valence-corrected chi connectivity index (χ2v) is 6.72. The molecule has 2 aromatic rings. The highest BCUT2D eigenvalue weighted by atomic mass is 16.7. The summed E-state index contributed by atoms with van der Waals surface area (Å²) in [6.07, 6.45) is 6.87. The van der Waals surface area contributed by atoms with Crippen LogP contribution in [0, 0.1) is 0 Å². The van der Waals surface area contributed by atoms with Gasteiger partial charge in [-0.05, 0) is 44.2 Å².